The van der Waals surface area contributed by atoms with Crippen LogP contribution in [0.2, 0.25) is 0 Å². The maximum absolute atomic E-state index is 9.53. The molecule has 15 heavy (non-hydrogen) atoms. The quantitative estimate of drug-likeness (QED) is 0.712. The van der Waals surface area contributed by atoms with Gasteiger partial charge in [0, 0.05) is 25.5 Å². The molecule has 5 heteroatoms. The van der Waals surface area contributed by atoms with Gasteiger partial charge in [0.1, 0.15) is 6.07 Å². The second kappa shape index (κ2) is 4.24. The van der Waals surface area contributed by atoms with Crippen LogP contribution in [0.5, 0.6) is 0 Å². The Morgan fingerprint density at radius 1 is 1.47 bits per heavy atom. The van der Waals surface area contributed by atoms with Crippen molar-refractivity contribution >= 4 is 5.82 Å². The summed E-state index contributed by atoms with van der Waals surface area (Å²) < 4.78 is 0. The van der Waals surface area contributed by atoms with Crippen LogP contribution in [0.4, 0.5) is 5.82 Å². The first-order chi connectivity index (χ1) is 7.31. The van der Waals surface area contributed by atoms with Crippen LogP contribution in [-0.2, 0) is 0 Å². The lowest BCUT2D eigenvalue weighted by atomic mass is 10.1. The Morgan fingerprint density at radius 2 is 2.27 bits per heavy atom. The molecule has 0 spiro atoms. The molecule has 1 atom stereocenters. The first-order valence-corrected chi connectivity index (χ1v) is 4.95. The maximum Gasteiger partial charge on any atom is 0.183 e. The minimum Gasteiger partial charge on any atom is -0.391 e. The monoisotopic (exact) mass is 204 g/mol. The smallest absolute Gasteiger partial charge is 0.183 e. The first kappa shape index (κ1) is 9.87. The zero-order chi connectivity index (χ0) is 10.7. The van der Waals surface area contributed by atoms with Gasteiger partial charge in [-0.1, -0.05) is 0 Å². The molecule has 0 radical (unpaired) electrons. The Labute approximate surface area is 88.0 Å². The standard InChI is InChI=1S/C10H12N4O/c11-6-9-10(13-4-3-12-9)14-5-1-2-8(15)7-14/h3-4,8,15H,1-2,5,7H2/t8-/m0/s1. The molecule has 0 bridgehead atoms. The fourth-order valence-corrected chi connectivity index (χ4v) is 1.79. The van der Waals surface area contributed by atoms with Crippen molar-refractivity contribution in [3.8, 4) is 6.07 Å². The molecule has 5 nitrogen and oxygen atoms in total. The SMILES string of the molecule is N#Cc1nccnc1N1CCC[C@H](O)C1. The third kappa shape index (κ3) is 2.05. The number of rotatable bonds is 1. The summed E-state index contributed by atoms with van der Waals surface area (Å²) >= 11 is 0. The number of aliphatic hydroxyl groups excluding tert-OH is 1. The molecule has 2 rings (SSSR count). The summed E-state index contributed by atoms with van der Waals surface area (Å²) in [5, 5.41) is 18.4. The van der Waals surface area contributed by atoms with E-state index in [0.717, 1.165) is 19.4 Å². The van der Waals surface area contributed by atoms with Gasteiger partial charge < -0.3 is 10.0 Å². The van der Waals surface area contributed by atoms with Crippen molar-refractivity contribution in [1.82, 2.24) is 9.97 Å². The van der Waals surface area contributed by atoms with E-state index in [1.807, 2.05) is 11.0 Å². The number of aliphatic hydroxyl groups is 1. The van der Waals surface area contributed by atoms with Gasteiger partial charge in [-0.15, -0.1) is 0 Å². The molecular weight excluding hydrogens is 192 g/mol. The molecule has 1 fully saturated rings. The Morgan fingerprint density at radius 3 is 3.00 bits per heavy atom. The number of anilines is 1. The lowest BCUT2D eigenvalue weighted by Crippen LogP contribution is -2.39. The summed E-state index contributed by atoms with van der Waals surface area (Å²) in [6, 6.07) is 2.01. The molecule has 78 valence electrons. The second-order valence-electron chi connectivity index (χ2n) is 3.58. The minimum absolute atomic E-state index is 0.326. The maximum atomic E-state index is 9.53. The predicted octanol–water partition coefficient (Wildman–Crippen LogP) is 0.309. The molecule has 2 heterocycles. The minimum atomic E-state index is -0.327. The summed E-state index contributed by atoms with van der Waals surface area (Å²) in [6.07, 6.45) is 4.48. The van der Waals surface area contributed by atoms with Crippen LogP contribution in [-0.4, -0.2) is 34.3 Å². The largest absolute Gasteiger partial charge is 0.391 e. The van der Waals surface area contributed by atoms with Crippen molar-refractivity contribution in [2.24, 2.45) is 0 Å². The van der Waals surface area contributed by atoms with Gasteiger partial charge in [0.15, 0.2) is 11.5 Å². The van der Waals surface area contributed by atoms with Crippen LogP contribution in [0, 0.1) is 11.3 Å². The highest BCUT2D eigenvalue weighted by atomic mass is 16.3. The van der Waals surface area contributed by atoms with E-state index in [1.165, 1.54) is 6.20 Å². The van der Waals surface area contributed by atoms with Gasteiger partial charge in [-0.05, 0) is 12.8 Å². The van der Waals surface area contributed by atoms with Crippen LogP contribution in [0.1, 0.15) is 18.5 Å². The predicted molar refractivity (Wildman–Crippen MR) is 54.2 cm³/mol. The van der Waals surface area contributed by atoms with Crippen LogP contribution in [0.3, 0.4) is 0 Å². The number of aromatic nitrogens is 2. The highest BCUT2D eigenvalue weighted by Gasteiger charge is 2.21. The lowest BCUT2D eigenvalue weighted by Gasteiger charge is -2.30. The molecule has 0 saturated carbocycles. The molecule has 0 amide bonds. The Hall–Kier alpha value is -1.67. The van der Waals surface area contributed by atoms with Gasteiger partial charge >= 0.3 is 0 Å². The van der Waals surface area contributed by atoms with Gasteiger partial charge in [-0.2, -0.15) is 5.26 Å². The fourth-order valence-electron chi connectivity index (χ4n) is 1.79. The van der Waals surface area contributed by atoms with Crippen LogP contribution < -0.4 is 4.90 Å². The van der Waals surface area contributed by atoms with Crippen LogP contribution in [0.25, 0.3) is 0 Å². The summed E-state index contributed by atoms with van der Waals surface area (Å²) in [7, 11) is 0. The van der Waals surface area contributed by atoms with Gasteiger partial charge in [-0.25, -0.2) is 9.97 Å². The van der Waals surface area contributed by atoms with Crippen molar-refractivity contribution in [2.75, 3.05) is 18.0 Å². The fraction of sp³-hybridized carbons (Fsp3) is 0.500. The summed E-state index contributed by atoms with van der Waals surface area (Å²) in [5.74, 6) is 0.582. The van der Waals surface area contributed by atoms with E-state index >= 15 is 0 Å². The molecular formula is C10H12N4O. The number of hydrogen-bond donors (Lipinski definition) is 1. The third-order valence-corrected chi connectivity index (χ3v) is 2.48. The number of nitrogens with zero attached hydrogens (tertiary/aromatic N) is 4. The van der Waals surface area contributed by atoms with Crippen molar-refractivity contribution < 1.29 is 5.11 Å². The Balaban J connectivity index is 2.25. The molecule has 1 N–H and O–H groups in total. The van der Waals surface area contributed by atoms with E-state index < -0.39 is 0 Å². The average molecular weight is 204 g/mol. The van der Waals surface area contributed by atoms with Gasteiger partial charge in [-0.3, -0.25) is 0 Å². The lowest BCUT2D eigenvalue weighted by molar-refractivity contribution is 0.154. The van der Waals surface area contributed by atoms with E-state index in [0.29, 0.717) is 18.1 Å². The third-order valence-electron chi connectivity index (χ3n) is 2.48. The van der Waals surface area contributed by atoms with Gasteiger partial charge in [0.25, 0.3) is 0 Å². The van der Waals surface area contributed by atoms with Gasteiger partial charge in [0.05, 0.1) is 6.10 Å². The molecule has 0 aromatic carbocycles. The molecule has 1 aromatic heterocycles. The average Bonchev–Trinajstić information content (AvgIpc) is 2.29. The van der Waals surface area contributed by atoms with Crippen molar-refractivity contribution in [2.45, 2.75) is 18.9 Å². The molecule has 0 unspecified atom stereocenters. The highest BCUT2D eigenvalue weighted by Crippen LogP contribution is 2.19. The van der Waals surface area contributed by atoms with E-state index in [1.54, 1.807) is 6.20 Å². The number of nitriles is 1. The molecule has 1 aliphatic rings. The molecule has 1 aromatic rings. The molecule has 1 saturated heterocycles. The molecule has 1 aliphatic heterocycles. The normalized spacial score (nSPS) is 21.1. The van der Waals surface area contributed by atoms with E-state index in [4.69, 9.17) is 5.26 Å². The van der Waals surface area contributed by atoms with Gasteiger partial charge in [0.2, 0.25) is 0 Å². The molecule has 0 aliphatic carbocycles. The second-order valence-corrected chi connectivity index (χ2v) is 3.58. The number of piperidine rings is 1. The van der Waals surface area contributed by atoms with Crippen LogP contribution >= 0.6 is 0 Å². The number of β-amino-alcohol motifs (C(OH)–C–C–N with tert-alkyl or cyclic N) is 1. The van der Waals surface area contributed by atoms with E-state index in [2.05, 4.69) is 9.97 Å². The summed E-state index contributed by atoms with van der Waals surface area (Å²) in [5.41, 5.74) is 0.326. The summed E-state index contributed by atoms with van der Waals surface area (Å²) in [4.78, 5) is 10.0. The number of hydrogen-bond acceptors (Lipinski definition) is 5. The van der Waals surface area contributed by atoms with Crippen molar-refractivity contribution in [1.29, 1.82) is 5.26 Å². The highest BCUT2D eigenvalue weighted by molar-refractivity contribution is 5.49. The van der Waals surface area contributed by atoms with E-state index in [9.17, 15) is 5.11 Å². The zero-order valence-corrected chi connectivity index (χ0v) is 8.30. The summed E-state index contributed by atoms with van der Waals surface area (Å²) in [6.45, 7) is 1.36. The topological polar surface area (TPSA) is 73.0 Å². The zero-order valence-electron chi connectivity index (χ0n) is 8.30. The van der Waals surface area contributed by atoms with Crippen LogP contribution in [0.15, 0.2) is 12.4 Å². The van der Waals surface area contributed by atoms with Crippen molar-refractivity contribution in [3.05, 3.63) is 18.1 Å². The Kier molecular flexibility index (Phi) is 2.79. The van der Waals surface area contributed by atoms with Crippen molar-refractivity contribution in [3.63, 3.8) is 0 Å². The first-order valence-electron chi connectivity index (χ1n) is 4.95. The van der Waals surface area contributed by atoms with E-state index in [-0.39, 0.29) is 6.10 Å². The Bertz CT molecular complexity index is 387.